The number of benzene rings is 2. The number of H-pyrrole nitrogens is 2. The minimum absolute atomic E-state index is 0.00496. The van der Waals surface area contributed by atoms with Crippen LogP contribution in [0.1, 0.15) is 81.3 Å². The largest absolute Gasteiger partial charge is 0.364 e. The Hall–Kier alpha value is -4.60. The molecule has 0 radical (unpaired) electrons. The zero-order valence-corrected chi connectivity index (χ0v) is 23.6. The second-order valence-corrected chi connectivity index (χ2v) is 13.1. The summed E-state index contributed by atoms with van der Waals surface area (Å²) in [6.45, 7) is 0. The third-order valence-electron chi connectivity index (χ3n) is 11.0. The Balaban J connectivity index is 1.17. The molecule has 3 aromatic heterocycles. The van der Waals surface area contributed by atoms with Crippen molar-refractivity contribution in [3.8, 4) is 0 Å². The molecule has 2 fully saturated rings. The predicted molar refractivity (Wildman–Crippen MR) is 164 cm³/mol. The Morgan fingerprint density at radius 3 is 1.43 bits per heavy atom. The van der Waals surface area contributed by atoms with Gasteiger partial charge in [0.05, 0.1) is 23.6 Å². The minimum atomic E-state index is -1.04. The van der Waals surface area contributed by atoms with E-state index in [1.165, 1.54) is 11.1 Å². The molecule has 8 atom stereocenters. The molecule has 214 valence electrons. The molecule has 6 N–H and O–H groups in total. The summed E-state index contributed by atoms with van der Waals surface area (Å²) in [5.41, 5.74) is 24.7. The number of ether oxygens (including phenoxy) is 2. The Kier molecular flexibility index (Phi) is 4.18. The van der Waals surface area contributed by atoms with E-state index in [-0.39, 0.29) is 24.0 Å². The molecule has 12 bridgehead atoms. The highest BCUT2D eigenvalue weighted by Gasteiger charge is 2.72. The molecule has 9 heterocycles. The summed E-state index contributed by atoms with van der Waals surface area (Å²) in [7, 11) is 0. The SMILES string of the molecule is N[C@@]12c3cc4ccc(cc5nc(cc6ccc(cc(n3)[C@]1(N)[C@H]1O[C@@H]2c2ccccc21)[nH]6)[C@H]1[C@@H]5[C@@H]2O[C@H]1c1ccccc12)[nH]4. The van der Waals surface area contributed by atoms with Crippen molar-refractivity contribution in [2.45, 2.75) is 47.3 Å². The molecule has 8 nitrogen and oxygen atoms in total. The monoisotopic (exact) mass is 576 g/mol. The minimum Gasteiger partial charge on any atom is -0.364 e. The van der Waals surface area contributed by atoms with Gasteiger partial charge in [-0.15, -0.1) is 0 Å². The van der Waals surface area contributed by atoms with Gasteiger partial charge in [0.25, 0.3) is 0 Å². The number of nitrogens with one attached hydrogen (secondary N) is 2. The fraction of sp³-hybridized carbons (Fsp3) is 0.222. The summed E-state index contributed by atoms with van der Waals surface area (Å²) in [4.78, 5) is 17.6. The van der Waals surface area contributed by atoms with Crippen LogP contribution < -0.4 is 11.5 Å². The lowest BCUT2D eigenvalue weighted by Gasteiger charge is -2.41. The first kappa shape index (κ1) is 23.8. The molecule has 0 unspecified atom stereocenters. The molecule has 0 spiro atoms. The van der Waals surface area contributed by atoms with E-state index in [0.29, 0.717) is 11.4 Å². The number of fused-ring (bicyclic) bond motifs is 28. The van der Waals surface area contributed by atoms with E-state index in [4.69, 9.17) is 30.9 Å². The summed E-state index contributed by atoms with van der Waals surface area (Å²) in [5.74, 6) is 0.307. The summed E-state index contributed by atoms with van der Waals surface area (Å²) in [5, 5.41) is 0. The van der Waals surface area contributed by atoms with Gasteiger partial charge in [-0.2, -0.15) is 0 Å². The van der Waals surface area contributed by atoms with Crippen LogP contribution in [0.2, 0.25) is 0 Å². The quantitative estimate of drug-likeness (QED) is 0.183. The first-order chi connectivity index (χ1) is 21.5. The van der Waals surface area contributed by atoms with Crippen molar-refractivity contribution in [3.63, 3.8) is 0 Å². The molecule has 44 heavy (non-hydrogen) atoms. The standard InChI is InChI=1S/C36H28N6O2/c37-35-27-15-19-11-9-17(39-19)13-25-29-30(32-22-6-2-1-5-21(22)31(29)43-32)26(41-25)14-18-10-12-20(40-18)16-28(42-27)36(35,38)34-24-8-4-3-7-23(24)33(35)44-34/h1-16,29-34,39-40H,37-38H2/t29-,30+,31-,32+,33-,34+,35-,36+. The summed E-state index contributed by atoms with van der Waals surface area (Å²) < 4.78 is 13.3. The van der Waals surface area contributed by atoms with Crippen molar-refractivity contribution >= 4 is 22.1 Å². The van der Waals surface area contributed by atoms with Crippen LogP contribution in [-0.2, 0) is 20.6 Å². The molecule has 8 heteroatoms. The average molecular weight is 577 g/mol. The smallest absolute Gasteiger partial charge is 0.116 e. The molecule has 2 aromatic carbocycles. The zero-order valence-electron chi connectivity index (χ0n) is 23.6. The van der Waals surface area contributed by atoms with Crippen LogP contribution in [0.4, 0.5) is 0 Å². The molecule has 5 aromatic rings. The van der Waals surface area contributed by atoms with Crippen LogP contribution in [0.15, 0.2) is 97.1 Å². The predicted octanol–water partition coefficient (Wildman–Crippen LogP) is 5.84. The van der Waals surface area contributed by atoms with E-state index in [9.17, 15) is 0 Å². The van der Waals surface area contributed by atoms with Crippen molar-refractivity contribution in [2.75, 3.05) is 0 Å². The van der Waals surface area contributed by atoms with Crippen LogP contribution in [0, 0.1) is 0 Å². The van der Waals surface area contributed by atoms with Gasteiger partial charge in [-0.25, -0.2) is 0 Å². The Labute approximate surface area is 252 Å². The van der Waals surface area contributed by atoms with E-state index in [2.05, 4.69) is 82.8 Å². The van der Waals surface area contributed by atoms with Gasteiger partial charge < -0.3 is 30.9 Å². The fourth-order valence-electron chi connectivity index (χ4n) is 9.03. The maximum atomic E-state index is 7.40. The fourth-order valence-corrected chi connectivity index (χ4v) is 9.03. The van der Waals surface area contributed by atoms with Crippen molar-refractivity contribution in [1.82, 2.24) is 19.9 Å². The molecular formula is C36H28N6O2. The zero-order chi connectivity index (χ0) is 28.9. The second kappa shape index (κ2) is 7.72. The van der Waals surface area contributed by atoms with Gasteiger partial charge in [0.1, 0.15) is 23.3 Å². The first-order valence-corrected chi connectivity index (χ1v) is 15.3. The molecule has 6 aliphatic heterocycles. The number of hydrogen-bond donors (Lipinski definition) is 4. The van der Waals surface area contributed by atoms with Crippen molar-refractivity contribution in [3.05, 3.63) is 142 Å². The molecule has 0 amide bonds. The van der Waals surface area contributed by atoms with Gasteiger partial charge in [-0.1, -0.05) is 48.5 Å². The van der Waals surface area contributed by atoms with E-state index in [1.54, 1.807) is 0 Å². The van der Waals surface area contributed by atoms with E-state index in [1.807, 2.05) is 24.3 Å². The topological polar surface area (TPSA) is 128 Å². The summed E-state index contributed by atoms with van der Waals surface area (Å²) >= 11 is 0. The third kappa shape index (κ3) is 2.66. The van der Waals surface area contributed by atoms with E-state index >= 15 is 0 Å². The van der Waals surface area contributed by atoms with Crippen LogP contribution in [0.3, 0.4) is 0 Å². The summed E-state index contributed by atoms with van der Waals surface area (Å²) in [6.07, 6.45) is -0.807. The normalized spacial score (nSPS) is 33.2. The number of nitrogens with zero attached hydrogens (tertiary/aromatic N) is 2. The molecule has 2 saturated heterocycles. The third-order valence-corrected chi connectivity index (χ3v) is 11.0. The first-order valence-electron chi connectivity index (χ1n) is 15.3. The molecule has 6 aliphatic rings. The Morgan fingerprint density at radius 2 is 0.955 bits per heavy atom. The van der Waals surface area contributed by atoms with Gasteiger partial charge in [0.2, 0.25) is 0 Å². The maximum Gasteiger partial charge on any atom is 0.116 e. The Bertz CT molecular complexity index is 2110. The molecule has 11 rings (SSSR count). The lowest BCUT2D eigenvalue weighted by molar-refractivity contribution is 0.0450. The van der Waals surface area contributed by atoms with Crippen LogP contribution >= 0.6 is 0 Å². The molecular weight excluding hydrogens is 548 g/mol. The van der Waals surface area contributed by atoms with Gasteiger partial charge in [-0.3, -0.25) is 9.97 Å². The van der Waals surface area contributed by atoms with Gasteiger partial charge in [-0.05, 0) is 70.8 Å². The van der Waals surface area contributed by atoms with Crippen molar-refractivity contribution in [2.24, 2.45) is 11.5 Å². The number of aromatic nitrogens is 4. The summed E-state index contributed by atoms with van der Waals surface area (Å²) in [6, 6.07) is 33.5. The van der Waals surface area contributed by atoms with Gasteiger partial charge >= 0.3 is 0 Å². The highest BCUT2D eigenvalue weighted by atomic mass is 16.5. The highest BCUT2D eigenvalue weighted by molar-refractivity contribution is 5.65. The van der Waals surface area contributed by atoms with Crippen molar-refractivity contribution in [1.29, 1.82) is 0 Å². The Morgan fingerprint density at radius 1 is 0.523 bits per heavy atom. The van der Waals surface area contributed by atoms with Crippen LogP contribution in [0.25, 0.3) is 22.1 Å². The number of hydrogen-bond acceptors (Lipinski definition) is 6. The second-order valence-electron chi connectivity index (χ2n) is 13.1. The highest BCUT2D eigenvalue weighted by Crippen LogP contribution is 2.68. The van der Waals surface area contributed by atoms with E-state index < -0.39 is 23.3 Å². The van der Waals surface area contributed by atoms with Crippen molar-refractivity contribution < 1.29 is 9.47 Å². The molecule has 0 saturated carbocycles. The van der Waals surface area contributed by atoms with Crippen LogP contribution in [0.5, 0.6) is 0 Å². The van der Waals surface area contributed by atoms with Gasteiger partial charge in [0, 0.05) is 45.3 Å². The average Bonchev–Trinajstić information content (AvgIpc) is 3.88. The number of aromatic amines is 2. The lowest BCUT2D eigenvalue weighted by atomic mass is 9.64. The van der Waals surface area contributed by atoms with E-state index in [0.717, 1.165) is 44.6 Å². The van der Waals surface area contributed by atoms with Crippen LogP contribution in [-0.4, -0.2) is 19.9 Å². The maximum absolute atomic E-state index is 7.40. The number of nitrogens with two attached hydrogens (primary N) is 2. The molecule has 0 aliphatic carbocycles. The van der Waals surface area contributed by atoms with Gasteiger partial charge in [0.15, 0.2) is 0 Å². The number of rotatable bonds is 0. The lowest BCUT2D eigenvalue weighted by Crippen LogP contribution is -2.60.